The topological polar surface area (TPSA) is 96.6 Å². The number of carbonyl (C=O) groups is 1. The fraction of sp³-hybridized carbons (Fsp3) is 0.500. The molecule has 0 aliphatic carbocycles. The Labute approximate surface area is 119 Å². The van der Waals surface area contributed by atoms with E-state index in [2.05, 4.69) is 10.9 Å². The lowest BCUT2D eigenvalue weighted by Crippen LogP contribution is -2.49. The summed E-state index contributed by atoms with van der Waals surface area (Å²) in [6.07, 6.45) is 0.848. The van der Waals surface area contributed by atoms with Crippen LogP contribution in [0.15, 0.2) is 18.2 Å². The van der Waals surface area contributed by atoms with Crippen molar-refractivity contribution >= 4 is 5.91 Å². The van der Waals surface area contributed by atoms with E-state index >= 15 is 0 Å². The van der Waals surface area contributed by atoms with Crippen molar-refractivity contribution in [3.05, 3.63) is 23.8 Å². The number of ether oxygens (including phenoxy) is 1. The van der Waals surface area contributed by atoms with E-state index in [4.69, 9.17) is 10.5 Å². The Morgan fingerprint density at radius 3 is 2.75 bits per heavy atom. The molecular weight excluding hydrogens is 258 g/mol. The van der Waals surface area contributed by atoms with Gasteiger partial charge < -0.3 is 15.6 Å². The second-order valence-corrected chi connectivity index (χ2v) is 4.76. The highest BCUT2D eigenvalue weighted by molar-refractivity contribution is 5.81. The van der Waals surface area contributed by atoms with Crippen molar-refractivity contribution in [1.29, 1.82) is 0 Å². The Morgan fingerprint density at radius 2 is 2.20 bits per heavy atom. The van der Waals surface area contributed by atoms with Crippen LogP contribution in [-0.2, 0) is 11.3 Å². The molecular formula is C14H23N3O3. The number of nitrogens with two attached hydrogens (primary N) is 1. The first-order valence-corrected chi connectivity index (χ1v) is 6.63. The van der Waals surface area contributed by atoms with Crippen LogP contribution in [0.25, 0.3) is 0 Å². The van der Waals surface area contributed by atoms with Crippen LogP contribution >= 0.6 is 0 Å². The molecule has 0 saturated heterocycles. The lowest BCUT2D eigenvalue weighted by Gasteiger charge is -2.18. The fourth-order valence-corrected chi connectivity index (χ4v) is 1.67. The van der Waals surface area contributed by atoms with Crippen LogP contribution in [-0.4, -0.2) is 24.2 Å². The molecule has 20 heavy (non-hydrogen) atoms. The zero-order valence-corrected chi connectivity index (χ0v) is 12.1. The minimum Gasteiger partial charge on any atom is -0.504 e. The fourth-order valence-electron chi connectivity index (χ4n) is 1.67. The van der Waals surface area contributed by atoms with E-state index in [1.807, 2.05) is 13.8 Å². The van der Waals surface area contributed by atoms with E-state index in [0.717, 1.165) is 12.0 Å². The average Bonchev–Trinajstić information content (AvgIpc) is 2.45. The molecule has 5 N–H and O–H groups in total. The molecule has 2 atom stereocenters. The molecule has 1 unspecified atom stereocenters. The second kappa shape index (κ2) is 7.72. The summed E-state index contributed by atoms with van der Waals surface area (Å²) in [6.45, 7) is 4.31. The molecule has 0 saturated carbocycles. The molecule has 0 fully saturated rings. The smallest absolute Gasteiger partial charge is 0.251 e. The maximum Gasteiger partial charge on any atom is 0.251 e. The molecule has 0 spiro atoms. The number of aromatic hydroxyl groups is 1. The van der Waals surface area contributed by atoms with E-state index in [-0.39, 0.29) is 17.6 Å². The third-order valence-electron chi connectivity index (χ3n) is 3.31. The molecule has 0 aliphatic heterocycles. The van der Waals surface area contributed by atoms with Gasteiger partial charge in [-0.2, -0.15) is 0 Å². The quantitative estimate of drug-likeness (QED) is 0.557. The molecule has 0 heterocycles. The number of hydrogen-bond acceptors (Lipinski definition) is 5. The Kier molecular flexibility index (Phi) is 6.27. The van der Waals surface area contributed by atoms with Crippen molar-refractivity contribution in [2.24, 2.45) is 11.7 Å². The number of hydrazine groups is 1. The first kappa shape index (κ1) is 16.3. The van der Waals surface area contributed by atoms with E-state index < -0.39 is 6.04 Å². The molecule has 6 heteroatoms. The summed E-state index contributed by atoms with van der Waals surface area (Å²) >= 11 is 0. The van der Waals surface area contributed by atoms with Gasteiger partial charge in [0.25, 0.3) is 5.91 Å². The van der Waals surface area contributed by atoms with Gasteiger partial charge in [0.05, 0.1) is 13.2 Å². The molecule has 1 aromatic rings. The first-order valence-electron chi connectivity index (χ1n) is 6.63. The van der Waals surface area contributed by atoms with Gasteiger partial charge in [-0.3, -0.25) is 10.2 Å². The van der Waals surface area contributed by atoms with Gasteiger partial charge in [-0.1, -0.05) is 26.3 Å². The monoisotopic (exact) mass is 281 g/mol. The van der Waals surface area contributed by atoms with E-state index in [9.17, 15) is 9.90 Å². The van der Waals surface area contributed by atoms with Crippen molar-refractivity contribution in [3.63, 3.8) is 0 Å². The minimum absolute atomic E-state index is 0.0643. The van der Waals surface area contributed by atoms with E-state index in [1.165, 1.54) is 7.11 Å². The summed E-state index contributed by atoms with van der Waals surface area (Å²) in [5, 5.41) is 9.63. The number of phenols is 1. The summed E-state index contributed by atoms with van der Waals surface area (Å²) in [6, 6.07) is 4.51. The lowest BCUT2D eigenvalue weighted by molar-refractivity contribution is -0.124. The van der Waals surface area contributed by atoms with Crippen LogP contribution < -0.4 is 21.3 Å². The number of carbonyl (C=O) groups excluding carboxylic acids is 1. The maximum atomic E-state index is 11.7. The van der Waals surface area contributed by atoms with Gasteiger partial charge in [0.1, 0.15) is 0 Å². The van der Waals surface area contributed by atoms with E-state index in [0.29, 0.717) is 12.3 Å². The molecule has 0 radical (unpaired) electrons. The van der Waals surface area contributed by atoms with Crippen LogP contribution in [0.5, 0.6) is 11.5 Å². The highest BCUT2D eigenvalue weighted by Crippen LogP contribution is 2.25. The summed E-state index contributed by atoms with van der Waals surface area (Å²) in [5.41, 5.74) is 12.0. The predicted molar refractivity (Wildman–Crippen MR) is 77.1 cm³/mol. The van der Waals surface area contributed by atoms with Crippen molar-refractivity contribution in [2.45, 2.75) is 32.9 Å². The Morgan fingerprint density at radius 1 is 1.50 bits per heavy atom. The number of amides is 1. The number of phenolic OH excluding ortho intramolecular Hbond substituents is 1. The molecule has 1 amide bonds. The standard InChI is InChI=1S/C14H23N3O3/c1-4-9(2)13(15)14(19)17-16-8-10-5-6-12(20-3)11(18)7-10/h5-7,9,13,16,18H,4,8,15H2,1-3H3,(H,17,19)/t9?,13-/m0/s1. The summed E-state index contributed by atoms with van der Waals surface area (Å²) < 4.78 is 4.96. The second-order valence-electron chi connectivity index (χ2n) is 4.76. The van der Waals surface area contributed by atoms with Crippen LogP contribution in [0.2, 0.25) is 0 Å². The average molecular weight is 281 g/mol. The Balaban J connectivity index is 2.44. The van der Waals surface area contributed by atoms with Gasteiger partial charge in [-0.15, -0.1) is 0 Å². The molecule has 0 aromatic heterocycles. The van der Waals surface area contributed by atoms with Crippen molar-refractivity contribution in [2.75, 3.05) is 7.11 Å². The predicted octanol–water partition coefficient (Wildman–Crippen LogP) is 0.895. The zero-order valence-electron chi connectivity index (χ0n) is 12.1. The highest BCUT2D eigenvalue weighted by atomic mass is 16.5. The number of benzene rings is 1. The molecule has 112 valence electrons. The van der Waals surface area contributed by atoms with Gasteiger partial charge in [0.15, 0.2) is 11.5 Å². The number of hydrogen-bond donors (Lipinski definition) is 4. The number of rotatable bonds is 7. The molecule has 1 aromatic carbocycles. The van der Waals surface area contributed by atoms with Gasteiger partial charge >= 0.3 is 0 Å². The van der Waals surface area contributed by atoms with Gasteiger partial charge in [0, 0.05) is 6.54 Å². The highest BCUT2D eigenvalue weighted by Gasteiger charge is 2.18. The molecule has 1 rings (SSSR count). The molecule has 0 bridgehead atoms. The van der Waals surface area contributed by atoms with Crippen LogP contribution in [0.4, 0.5) is 0 Å². The van der Waals surface area contributed by atoms with Gasteiger partial charge in [0.2, 0.25) is 0 Å². The Hall–Kier alpha value is -1.79. The molecule has 6 nitrogen and oxygen atoms in total. The zero-order chi connectivity index (χ0) is 15.1. The third kappa shape index (κ3) is 4.40. The molecule has 0 aliphatic rings. The van der Waals surface area contributed by atoms with Crippen molar-refractivity contribution in [1.82, 2.24) is 10.9 Å². The number of nitrogens with one attached hydrogen (secondary N) is 2. The summed E-state index contributed by atoms with van der Waals surface area (Å²) in [7, 11) is 1.49. The van der Waals surface area contributed by atoms with Gasteiger partial charge in [-0.25, -0.2) is 5.43 Å². The third-order valence-corrected chi connectivity index (χ3v) is 3.31. The van der Waals surface area contributed by atoms with Crippen molar-refractivity contribution < 1.29 is 14.6 Å². The first-order chi connectivity index (χ1) is 9.49. The minimum atomic E-state index is -0.531. The Bertz CT molecular complexity index is 451. The maximum absolute atomic E-state index is 11.7. The number of methoxy groups -OCH3 is 1. The van der Waals surface area contributed by atoms with Gasteiger partial charge in [-0.05, 0) is 23.6 Å². The van der Waals surface area contributed by atoms with Crippen LogP contribution in [0.1, 0.15) is 25.8 Å². The largest absolute Gasteiger partial charge is 0.504 e. The van der Waals surface area contributed by atoms with Crippen LogP contribution in [0, 0.1) is 5.92 Å². The SMILES string of the molecule is CCC(C)[C@H](N)C(=O)NNCc1ccc(OC)c(O)c1. The lowest BCUT2D eigenvalue weighted by atomic mass is 10.00. The van der Waals surface area contributed by atoms with Crippen molar-refractivity contribution in [3.8, 4) is 11.5 Å². The summed E-state index contributed by atoms with van der Waals surface area (Å²) in [5.74, 6) is 0.366. The summed E-state index contributed by atoms with van der Waals surface area (Å²) in [4.78, 5) is 11.7. The normalized spacial score (nSPS) is 13.6. The van der Waals surface area contributed by atoms with E-state index in [1.54, 1.807) is 18.2 Å². The van der Waals surface area contributed by atoms with Crippen LogP contribution in [0.3, 0.4) is 0 Å².